The topological polar surface area (TPSA) is 63.8 Å². The number of nitrogens with one attached hydrogen (secondary N) is 1. The van der Waals surface area contributed by atoms with Crippen LogP contribution in [0.15, 0.2) is 52.2 Å². The maximum Gasteiger partial charge on any atom is 0.387 e. The molecule has 110 valence electrons. The second kappa shape index (κ2) is 6.65. The molecule has 1 heterocycles. The number of benzene rings is 1. The normalized spacial score (nSPS) is 11.5. The first-order chi connectivity index (χ1) is 10.1. The lowest BCUT2D eigenvalue weighted by molar-refractivity contribution is -0.0498. The minimum atomic E-state index is -2.89. The van der Waals surface area contributed by atoms with Crippen LogP contribution in [0.2, 0.25) is 0 Å². The summed E-state index contributed by atoms with van der Waals surface area (Å²) >= 11 is 0. The number of furan rings is 1. The van der Waals surface area contributed by atoms with Crippen molar-refractivity contribution in [2.24, 2.45) is 5.10 Å². The van der Waals surface area contributed by atoms with Crippen molar-refractivity contribution in [3.63, 3.8) is 0 Å². The first-order valence-electron chi connectivity index (χ1n) is 5.99. The van der Waals surface area contributed by atoms with Gasteiger partial charge in [-0.25, -0.2) is 5.43 Å². The molecule has 0 aliphatic heterocycles. The maximum atomic E-state index is 12.1. The summed E-state index contributed by atoms with van der Waals surface area (Å²) in [6, 6.07) is 9.11. The summed E-state index contributed by atoms with van der Waals surface area (Å²) in [5.74, 6) is -0.352. The van der Waals surface area contributed by atoms with Gasteiger partial charge in [0.25, 0.3) is 0 Å². The summed E-state index contributed by atoms with van der Waals surface area (Å²) in [4.78, 5) is 11.6. The summed E-state index contributed by atoms with van der Waals surface area (Å²) in [6.07, 6.45) is 1.37. The van der Waals surface area contributed by atoms with Crippen molar-refractivity contribution >= 4 is 11.6 Å². The first-order valence-corrected chi connectivity index (χ1v) is 5.99. The molecular weight excluding hydrogens is 282 g/mol. The molecule has 0 atom stereocenters. The highest BCUT2D eigenvalue weighted by Crippen LogP contribution is 2.16. The van der Waals surface area contributed by atoms with Crippen molar-refractivity contribution in [3.05, 3.63) is 54.0 Å². The van der Waals surface area contributed by atoms with Crippen LogP contribution in [-0.4, -0.2) is 18.2 Å². The smallest absolute Gasteiger partial charge is 0.387 e. The predicted octanol–water partition coefficient (Wildman–Crippen LogP) is 3.04. The molecule has 0 aliphatic rings. The zero-order valence-electron chi connectivity index (χ0n) is 11.0. The maximum absolute atomic E-state index is 12.1. The highest BCUT2D eigenvalue weighted by Gasteiger charge is 2.08. The van der Waals surface area contributed by atoms with Gasteiger partial charge in [0, 0.05) is 5.56 Å². The summed E-state index contributed by atoms with van der Waals surface area (Å²) in [5.41, 5.74) is 3.30. The molecule has 0 bridgehead atoms. The van der Waals surface area contributed by atoms with Gasteiger partial charge in [-0.2, -0.15) is 13.9 Å². The molecule has 0 saturated carbocycles. The Morgan fingerprint density at radius 3 is 2.81 bits per heavy atom. The van der Waals surface area contributed by atoms with Crippen molar-refractivity contribution in [3.8, 4) is 5.75 Å². The van der Waals surface area contributed by atoms with Crippen molar-refractivity contribution in [2.75, 3.05) is 0 Å². The van der Waals surface area contributed by atoms with E-state index in [0.29, 0.717) is 11.3 Å². The number of carbonyl (C=O) groups excluding carboxylic acids is 1. The zero-order chi connectivity index (χ0) is 15.2. The van der Waals surface area contributed by atoms with Gasteiger partial charge in [0.2, 0.25) is 0 Å². The number of hydrazone groups is 1. The van der Waals surface area contributed by atoms with E-state index < -0.39 is 12.5 Å². The van der Waals surface area contributed by atoms with E-state index in [1.54, 1.807) is 25.1 Å². The first kappa shape index (κ1) is 14.7. The Labute approximate surface area is 119 Å². The van der Waals surface area contributed by atoms with E-state index in [4.69, 9.17) is 4.42 Å². The number of hydrogen-bond donors (Lipinski definition) is 1. The van der Waals surface area contributed by atoms with Crippen molar-refractivity contribution in [2.45, 2.75) is 13.5 Å². The highest BCUT2D eigenvalue weighted by atomic mass is 19.3. The lowest BCUT2D eigenvalue weighted by Gasteiger charge is -2.06. The number of amides is 1. The minimum Gasteiger partial charge on any atom is -0.459 e. The summed E-state index contributed by atoms with van der Waals surface area (Å²) < 4.78 is 33.5. The van der Waals surface area contributed by atoms with Crippen molar-refractivity contribution in [1.82, 2.24) is 5.43 Å². The Hall–Kier alpha value is -2.70. The van der Waals surface area contributed by atoms with Crippen molar-refractivity contribution in [1.29, 1.82) is 0 Å². The van der Waals surface area contributed by atoms with Gasteiger partial charge >= 0.3 is 12.5 Å². The van der Waals surface area contributed by atoms with Crippen molar-refractivity contribution < 1.29 is 22.7 Å². The SMILES string of the molecule is C/C(=N\NC(=O)c1ccco1)c1cccc(OC(F)F)c1. The average Bonchev–Trinajstić information content (AvgIpc) is 2.98. The summed E-state index contributed by atoms with van der Waals surface area (Å²) in [5, 5.41) is 3.88. The molecule has 1 amide bonds. The predicted molar refractivity (Wildman–Crippen MR) is 71.5 cm³/mol. The van der Waals surface area contributed by atoms with Crippen LogP contribution >= 0.6 is 0 Å². The summed E-state index contributed by atoms with van der Waals surface area (Å²) in [7, 11) is 0. The number of nitrogens with zero attached hydrogens (tertiary/aromatic N) is 1. The summed E-state index contributed by atoms with van der Waals surface area (Å²) in [6.45, 7) is -1.26. The lowest BCUT2D eigenvalue weighted by Crippen LogP contribution is -2.18. The van der Waals surface area contributed by atoms with Gasteiger partial charge in [-0.15, -0.1) is 0 Å². The molecule has 0 radical (unpaired) electrons. The largest absolute Gasteiger partial charge is 0.459 e. The minimum absolute atomic E-state index is 0.0226. The van der Waals surface area contributed by atoms with E-state index in [1.165, 1.54) is 24.5 Å². The van der Waals surface area contributed by atoms with Gasteiger partial charge < -0.3 is 9.15 Å². The fourth-order valence-corrected chi connectivity index (χ4v) is 1.56. The molecule has 7 heteroatoms. The van der Waals surface area contributed by atoms with Crippen LogP contribution in [0.25, 0.3) is 0 Å². The Bertz CT molecular complexity index is 639. The molecule has 2 aromatic rings. The van der Waals surface area contributed by atoms with Gasteiger partial charge in [0.15, 0.2) is 5.76 Å². The molecular formula is C14H12F2N2O3. The second-order valence-electron chi connectivity index (χ2n) is 4.02. The number of halogens is 2. The average molecular weight is 294 g/mol. The van der Waals surface area contributed by atoms with Crippen LogP contribution in [0.4, 0.5) is 8.78 Å². The second-order valence-corrected chi connectivity index (χ2v) is 4.02. The quantitative estimate of drug-likeness (QED) is 0.681. The van der Waals surface area contributed by atoms with Crippen LogP contribution in [0.1, 0.15) is 23.0 Å². The number of ether oxygens (including phenoxy) is 1. The fourth-order valence-electron chi connectivity index (χ4n) is 1.56. The molecule has 2 rings (SSSR count). The molecule has 0 unspecified atom stereocenters. The molecule has 0 spiro atoms. The Balaban J connectivity index is 2.07. The van der Waals surface area contributed by atoms with Crippen LogP contribution < -0.4 is 10.2 Å². The lowest BCUT2D eigenvalue weighted by atomic mass is 10.1. The Kier molecular flexibility index (Phi) is 4.65. The van der Waals surface area contributed by atoms with Crippen LogP contribution in [0.3, 0.4) is 0 Å². The zero-order valence-corrected chi connectivity index (χ0v) is 11.0. The van der Waals surface area contributed by atoms with E-state index in [0.717, 1.165) is 0 Å². The number of alkyl halides is 2. The van der Waals surface area contributed by atoms with E-state index in [1.807, 2.05) is 0 Å². The van der Waals surface area contributed by atoms with E-state index in [-0.39, 0.29) is 11.5 Å². The molecule has 0 saturated heterocycles. The van der Waals surface area contributed by atoms with Crippen LogP contribution in [-0.2, 0) is 0 Å². The van der Waals surface area contributed by atoms with Gasteiger partial charge in [0.1, 0.15) is 5.75 Å². The van der Waals surface area contributed by atoms with Gasteiger partial charge in [-0.1, -0.05) is 12.1 Å². The molecule has 1 aromatic carbocycles. The number of hydrogen-bond acceptors (Lipinski definition) is 4. The monoisotopic (exact) mass is 294 g/mol. The van der Waals surface area contributed by atoms with E-state index >= 15 is 0 Å². The molecule has 5 nitrogen and oxygen atoms in total. The highest BCUT2D eigenvalue weighted by molar-refractivity contribution is 6.00. The third-order valence-electron chi connectivity index (χ3n) is 2.55. The molecule has 21 heavy (non-hydrogen) atoms. The van der Waals surface area contributed by atoms with Gasteiger partial charge in [-0.05, 0) is 31.2 Å². The van der Waals surface area contributed by atoms with Gasteiger partial charge in [-0.3, -0.25) is 4.79 Å². The number of carbonyl (C=O) groups is 1. The van der Waals surface area contributed by atoms with Crippen LogP contribution in [0, 0.1) is 0 Å². The number of rotatable bonds is 5. The third-order valence-corrected chi connectivity index (χ3v) is 2.55. The molecule has 0 fully saturated rings. The standard InChI is InChI=1S/C14H12F2N2O3/c1-9(17-18-13(19)12-6-3-7-20-12)10-4-2-5-11(8-10)21-14(15)16/h2-8,14H,1H3,(H,18,19)/b17-9+. The van der Waals surface area contributed by atoms with Gasteiger partial charge in [0.05, 0.1) is 12.0 Å². The fraction of sp³-hybridized carbons (Fsp3) is 0.143. The Morgan fingerprint density at radius 1 is 1.33 bits per heavy atom. The third kappa shape index (κ3) is 4.13. The molecule has 1 N–H and O–H groups in total. The Morgan fingerprint density at radius 2 is 2.14 bits per heavy atom. The molecule has 0 aliphatic carbocycles. The van der Waals surface area contributed by atoms with Crippen LogP contribution in [0.5, 0.6) is 5.75 Å². The van der Waals surface area contributed by atoms with E-state index in [2.05, 4.69) is 15.3 Å². The molecule has 1 aromatic heterocycles. The van der Waals surface area contributed by atoms with E-state index in [9.17, 15) is 13.6 Å².